The van der Waals surface area contributed by atoms with Gasteiger partial charge in [-0.3, -0.25) is 0 Å². The van der Waals surface area contributed by atoms with E-state index in [9.17, 15) is 0 Å². The van der Waals surface area contributed by atoms with Gasteiger partial charge in [-0.05, 0) is 50.7 Å². The van der Waals surface area contributed by atoms with Crippen LogP contribution >= 0.6 is 0 Å². The lowest BCUT2D eigenvalue weighted by Crippen LogP contribution is -2.33. The fourth-order valence-corrected chi connectivity index (χ4v) is 2.86. The summed E-state index contributed by atoms with van der Waals surface area (Å²) < 4.78 is 5.53. The van der Waals surface area contributed by atoms with Crippen LogP contribution in [-0.2, 0) is 0 Å². The first-order valence-electron chi connectivity index (χ1n) is 8.08. The van der Waals surface area contributed by atoms with Gasteiger partial charge in [0.2, 0.25) is 5.89 Å². The number of nitrogens with one attached hydrogen (secondary N) is 1. The van der Waals surface area contributed by atoms with Crippen LogP contribution in [-0.4, -0.2) is 35.8 Å². The summed E-state index contributed by atoms with van der Waals surface area (Å²) in [4.78, 5) is 6.89. The highest BCUT2D eigenvalue weighted by Gasteiger charge is 2.25. The molecule has 20 heavy (non-hydrogen) atoms. The zero-order valence-corrected chi connectivity index (χ0v) is 13.1. The van der Waals surface area contributed by atoms with Crippen LogP contribution in [0.15, 0.2) is 4.52 Å². The second-order valence-corrected chi connectivity index (χ2v) is 5.74. The van der Waals surface area contributed by atoms with Crippen molar-refractivity contribution in [3.05, 3.63) is 5.89 Å². The minimum atomic E-state index is 0.299. The summed E-state index contributed by atoms with van der Waals surface area (Å²) in [7, 11) is 0. The second-order valence-electron chi connectivity index (χ2n) is 5.74. The molecule has 0 spiro atoms. The van der Waals surface area contributed by atoms with E-state index in [2.05, 4.69) is 41.1 Å². The minimum absolute atomic E-state index is 0.299. The molecule has 114 valence electrons. The van der Waals surface area contributed by atoms with Crippen LogP contribution in [0.2, 0.25) is 0 Å². The molecule has 1 aromatic rings. The van der Waals surface area contributed by atoms with Crippen molar-refractivity contribution < 1.29 is 4.52 Å². The highest BCUT2D eigenvalue weighted by molar-refractivity contribution is 5.28. The van der Waals surface area contributed by atoms with Gasteiger partial charge in [-0.15, -0.1) is 0 Å². The SMILES string of the molecule is CCCNC(C)C(CC)c1nc(N2CCCCC2)no1. The van der Waals surface area contributed by atoms with E-state index < -0.39 is 0 Å². The number of nitrogens with zero attached hydrogens (tertiary/aromatic N) is 3. The van der Waals surface area contributed by atoms with Gasteiger partial charge < -0.3 is 14.7 Å². The number of aromatic nitrogens is 2. The molecule has 1 fully saturated rings. The van der Waals surface area contributed by atoms with Crippen molar-refractivity contribution in [2.75, 3.05) is 24.5 Å². The van der Waals surface area contributed by atoms with Gasteiger partial charge in [0, 0.05) is 19.1 Å². The molecular weight excluding hydrogens is 252 g/mol. The largest absolute Gasteiger partial charge is 0.338 e. The van der Waals surface area contributed by atoms with Crippen LogP contribution in [0.1, 0.15) is 64.7 Å². The number of hydrogen-bond acceptors (Lipinski definition) is 5. The Bertz CT molecular complexity index is 387. The van der Waals surface area contributed by atoms with Crippen LogP contribution < -0.4 is 10.2 Å². The fraction of sp³-hybridized carbons (Fsp3) is 0.867. The summed E-state index contributed by atoms with van der Waals surface area (Å²) in [6, 6.07) is 0.370. The molecule has 2 heterocycles. The Balaban J connectivity index is 2.01. The lowest BCUT2D eigenvalue weighted by molar-refractivity contribution is 0.315. The molecular formula is C15H28N4O. The standard InChI is InChI=1S/C15H28N4O/c1-4-9-16-12(3)13(5-2)14-17-15(18-20-14)19-10-7-6-8-11-19/h12-13,16H,4-11H2,1-3H3. The molecule has 1 aliphatic heterocycles. The van der Waals surface area contributed by atoms with Gasteiger partial charge in [0.1, 0.15) is 0 Å². The molecule has 1 aromatic heterocycles. The Hall–Kier alpha value is -1.10. The van der Waals surface area contributed by atoms with Crippen molar-refractivity contribution in [3.8, 4) is 0 Å². The molecule has 2 atom stereocenters. The lowest BCUT2D eigenvalue weighted by atomic mass is 9.98. The van der Waals surface area contributed by atoms with Crippen molar-refractivity contribution in [1.82, 2.24) is 15.5 Å². The van der Waals surface area contributed by atoms with Crippen LogP contribution in [0.5, 0.6) is 0 Å². The average molecular weight is 280 g/mol. The Morgan fingerprint density at radius 3 is 2.65 bits per heavy atom. The van der Waals surface area contributed by atoms with E-state index >= 15 is 0 Å². The summed E-state index contributed by atoms with van der Waals surface area (Å²) in [5, 5.41) is 7.71. The van der Waals surface area contributed by atoms with Gasteiger partial charge in [0.05, 0.1) is 5.92 Å². The van der Waals surface area contributed by atoms with Gasteiger partial charge in [-0.25, -0.2) is 0 Å². The first-order chi connectivity index (χ1) is 9.76. The van der Waals surface area contributed by atoms with Gasteiger partial charge in [0.15, 0.2) is 0 Å². The quantitative estimate of drug-likeness (QED) is 0.832. The number of anilines is 1. The highest BCUT2D eigenvalue weighted by Crippen LogP contribution is 2.25. The summed E-state index contributed by atoms with van der Waals surface area (Å²) >= 11 is 0. The fourth-order valence-electron chi connectivity index (χ4n) is 2.86. The molecule has 1 N–H and O–H groups in total. The molecule has 2 rings (SSSR count). The normalized spacial score (nSPS) is 19.1. The Morgan fingerprint density at radius 2 is 2.00 bits per heavy atom. The summed E-state index contributed by atoms with van der Waals surface area (Å²) in [6.07, 6.45) is 5.94. The molecule has 0 amide bonds. The predicted octanol–water partition coefficient (Wildman–Crippen LogP) is 2.94. The van der Waals surface area contributed by atoms with Crippen molar-refractivity contribution in [1.29, 1.82) is 0 Å². The van der Waals surface area contributed by atoms with Crippen LogP contribution in [0, 0.1) is 0 Å². The Kier molecular flexibility index (Phi) is 5.83. The first-order valence-corrected chi connectivity index (χ1v) is 8.08. The monoisotopic (exact) mass is 280 g/mol. The van der Waals surface area contributed by atoms with E-state index in [0.717, 1.165) is 44.3 Å². The minimum Gasteiger partial charge on any atom is -0.338 e. The Morgan fingerprint density at radius 1 is 1.25 bits per heavy atom. The van der Waals surface area contributed by atoms with Gasteiger partial charge in [-0.1, -0.05) is 13.8 Å². The summed E-state index contributed by atoms with van der Waals surface area (Å²) in [5.74, 6) is 1.86. The van der Waals surface area contributed by atoms with Gasteiger partial charge >= 0.3 is 0 Å². The van der Waals surface area contributed by atoms with Crippen LogP contribution in [0.3, 0.4) is 0 Å². The van der Waals surface area contributed by atoms with Crippen molar-refractivity contribution in [3.63, 3.8) is 0 Å². The van der Waals surface area contributed by atoms with Gasteiger partial charge in [-0.2, -0.15) is 4.98 Å². The molecule has 0 aliphatic carbocycles. The summed E-state index contributed by atoms with van der Waals surface area (Å²) in [6.45, 7) is 9.71. The van der Waals surface area contributed by atoms with E-state index in [1.165, 1.54) is 19.3 Å². The molecule has 5 nitrogen and oxygen atoms in total. The maximum Gasteiger partial charge on any atom is 0.266 e. The van der Waals surface area contributed by atoms with E-state index in [1.807, 2.05) is 0 Å². The highest BCUT2D eigenvalue weighted by atomic mass is 16.5. The predicted molar refractivity (Wildman–Crippen MR) is 81.1 cm³/mol. The zero-order valence-electron chi connectivity index (χ0n) is 13.1. The van der Waals surface area contributed by atoms with E-state index in [-0.39, 0.29) is 0 Å². The molecule has 0 saturated carbocycles. The van der Waals surface area contributed by atoms with Gasteiger partial charge in [0.25, 0.3) is 5.95 Å². The number of hydrogen-bond donors (Lipinski definition) is 1. The molecule has 5 heteroatoms. The molecule has 1 aliphatic rings. The van der Waals surface area contributed by atoms with Crippen LogP contribution in [0.25, 0.3) is 0 Å². The molecule has 0 radical (unpaired) electrons. The number of piperidine rings is 1. The zero-order chi connectivity index (χ0) is 14.4. The lowest BCUT2D eigenvalue weighted by Gasteiger charge is -2.24. The second kappa shape index (κ2) is 7.62. The third-order valence-electron chi connectivity index (χ3n) is 4.15. The average Bonchev–Trinajstić information content (AvgIpc) is 2.96. The molecule has 0 bridgehead atoms. The third kappa shape index (κ3) is 3.72. The topological polar surface area (TPSA) is 54.2 Å². The Labute approximate surface area is 122 Å². The maximum atomic E-state index is 5.53. The van der Waals surface area contributed by atoms with E-state index in [0.29, 0.717) is 12.0 Å². The maximum absolute atomic E-state index is 5.53. The molecule has 1 saturated heterocycles. The smallest absolute Gasteiger partial charge is 0.266 e. The number of rotatable bonds is 7. The van der Waals surface area contributed by atoms with E-state index in [4.69, 9.17) is 4.52 Å². The molecule has 2 unspecified atom stereocenters. The summed E-state index contributed by atoms with van der Waals surface area (Å²) in [5.41, 5.74) is 0. The first kappa shape index (κ1) is 15.3. The van der Waals surface area contributed by atoms with Crippen molar-refractivity contribution in [2.24, 2.45) is 0 Å². The van der Waals surface area contributed by atoms with Crippen molar-refractivity contribution in [2.45, 2.75) is 64.8 Å². The van der Waals surface area contributed by atoms with Crippen molar-refractivity contribution >= 4 is 5.95 Å². The van der Waals surface area contributed by atoms with Crippen LogP contribution in [0.4, 0.5) is 5.95 Å². The van der Waals surface area contributed by atoms with E-state index in [1.54, 1.807) is 0 Å². The molecule has 0 aromatic carbocycles. The third-order valence-corrected chi connectivity index (χ3v) is 4.15.